The molecule has 0 radical (unpaired) electrons. The summed E-state index contributed by atoms with van der Waals surface area (Å²) in [6.07, 6.45) is 9.29. The number of aromatic nitrogens is 8. The molecule has 4 aromatic rings. The van der Waals surface area contributed by atoms with Crippen LogP contribution in [0.5, 0.6) is 0 Å². The molecule has 0 amide bonds. The fraction of sp³-hybridized carbons (Fsp3) is 0.433. The summed E-state index contributed by atoms with van der Waals surface area (Å²) in [5, 5.41) is 32.3. The zero-order valence-corrected chi connectivity index (χ0v) is 27.9. The van der Waals surface area contributed by atoms with Gasteiger partial charge < -0.3 is 11.5 Å². The van der Waals surface area contributed by atoms with Gasteiger partial charge in [-0.15, -0.1) is 20.5 Å². The number of anilines is 2. The smallest absolute Gasteiger partial charge is 0.183 e. The van der Waals surface area contributed by atoms with E-state index in [-0.39, 0.29) is 23.4 Å². The molecule has 0 aliphatic carbocycles. The molecule has 0 saturated heterocycles. The summed E-state index contributed by atoms with van der Waals surface area (Å²) in [4.78, 5) is 33.1. The Morgan fingerprint density at radius 3 is 2.08 bits per heavy atom. The highest BCUT2D eigenvalue weighted by molar-refractivity contribution is 5.98. The number of hydrazine groups is 1. The van der Waals surface area contributed by atoms with Crippen LogP contribution in [0.3, 0.4) is 0 Å². The largest absolute Gasteiger partial charge is 0.382 e. The van der Waals surface area contributed by atoms with Gasteiger partial charge in [-0.25, -0.2) is 29.8 Å². The van der Waals surface area contributed by atoms with Gasteiger partial charge in [-0.3, -0.25) is 9.59 Å². The van der Waals surface area contributed by atoms with Crippen molar-refractivity contribution in [1.82, 2.24) is 44.7 Å². The quantitative estimate of drug-likeness (QED) is 0.125. The van der Waals surface area contributed by atoms with Gasteiger partial charge in [0.25, 0.3) is 0 Å². The highest BCUT2D eigenvalue weighted by atomic mass is 16.1. The minimum absolute atomic E-state index is 0.167. The van der Waals surface area contributed by atoms with Crippen molar-refractivity contribution in [3.05, 3.63) is 53.1 Å². The number of Topliss-reactive ketones (excluding diaryl/α,β-unsaturated/α-hetero) is 2. The SMILES string of the molecule is CCCCc1nn(-c2cc(N3NC(CCCC)C(/N=N/c4c(C(C)=O)cnn4C)=C3N)ncn2)c(N)c1/N=N/c1c(C(C)=O)cnn1C. The summed E-state index contributed by atoms with van der Waals surface area (Å²) < 4.78 is 4.45. The molecule has 0 aromatic carbocycles. The molecule has 1 aliphatic heterocycles. The summed E-state index contributed by atoms with van der Waals surface area (Å²) in [6, 6.07) is 1.42. The van der Waals surface area contributed by atoms with Crippen molar-refractivity contribution < 1.29 is 9.59 Å². The van der Waals surface area contributed by atoms with Crippen LogP contribution in [0.2, 0.25) is 0 Å². The molecular formula is C30H40N16O2. The number of hydrogen-bond donors (Lipinski definition) is 3. The molecule has 18 nitrogen and oxygen atoms in total. The molecule has 0 saturated carbocycles. The van der Waals surface area contributed by atoms with E-state index in [1.54, 1.807) is 25.2 Å². The zero-order chi connectivity index (χ0) is 34.5. The number of ketones is 2. The molecule has 4 aromatic heterocycles. The first-order chi connectivity index (χ1) is 23.0. The van der Waals surface area contributed by atoms with Gasteiger partial charge in [0.1, 0.15) is 17.8 Å². The number of aryl methyl sites for hydroxylation is 3. The van der Waals surface area contributed by atoms with E-state index in [1.807, 2.05) is 0 Å². The van der Waals surface area contributed by atoms with E-state index in [1.165, 1.54) is 46.6 Å². The normalized spacial score (nSPS) is 15.1. The topological polar surface area (TPSA) is 230 Å². The summed E-state index contributed by atoms with van der Waals surface area (Å²) in [7, 11) is 3.38. The maximum Gasteiger partial charge on any atom is 0.183 e. The van der Waals surface area contributed by atoms with Crippen molar-refractivity contribution in [2.75, 3.05) is 10.7 Å². The monoisotopic (exact) mass is 656 g/mol. The van der Waals surface area contributed by atoms with Crippen molar-refractivity contribution in [2.24, 2.45) is 40.3 Å². The average molecular weight is 657 g/mol. The summed E-state index contributed by atoms with van der Waals surface area (Å²) >= 11 is 0. The highest BCUT2D eigenvalue weighted by Gasteiger charge is 2.32. The average Bonchev–Trinajstić information content (AvgIpc) is 3.80. The summed E-state index contributed by atoms with van der Waals surface area (Å²) in [6.45, 7) is 7.08. The van der Waals surface area contributed by atoms with Gasteiger partial charge in [0.2, 0.25) is 0 Å². The van der Waals surface area contributed by atoms with Crippen LogP contribution in [0.4, 0.5) is 29.0 Å². The number of azo groups is 2. The molecule has 48 heavy (non-hydrogen) atoms. The van der Waals surface area contributed by atoms with Gasteiger partial charge in [-0.1, -0.05) is 33.1 Å². The number of nitrogens with one attached hydrogen (secondary N) is 1. The standard InChI is InChI=1S/C30H40N16O2/c1-7-9-11-21-25(37-39-29-19(17(3)47)14-35-43(29)5)27(31)45(41-21)23-13-24(34-16-33-23)46-28(32)26(22(42-46)12-10-8-2)38-40-30-20(18(4)48)15-36-44(30)6/h13-16,21,41H,7-12,31-32H2,1-6H3/b39-37+,40-38+. The van der Waals surface area contributed by atoms with Gasteiger partial charge in [-0.2, -0.15) is 20.0 Å². The second-order valence-electron chi connectivity index (χ2n) is 11.4. The number of nitrogen functional groups attached to an aromatic ring is 1. The number of carbonyl (C=O) groups excluding carboxylic acids is 2. The lowest BCUT2D eigenvalue weighted by Crippen LogP contribution is -2.39. The van der Waals surface area contributed by atoms with Crippen LogP contribution in [0.15, 0.2) is 56.8 Å². The molecule has 0 spiro atoms. The molecule has 1 unspecified atom stereocenters. The number of nitrogens with two attached hydrogens (primary N) is 2. The van der Waals surface area contributed by atoms with Gasteiger partial charge >= 0.3 is 0 Å². The van der Waals surface area contributed by atoms with Crippen LogP contribution in [-0.2, 0) is 20.5 Å². The lowest BCUT2D eigenvalue weighted by Gasteiger charge is -2.20. The van der Waals surface area contributed by atoms with E-state index in [2.05, 4.69) is 59.9 Å². The minimum Gasteiger partial charge on any atom is -0.382 e. The van der Waals surface area contributed by atoms with Gasteiger partial charge in [0.15, 0.2) is 46.3 Å². The molecule has 5 rings (SSSR count). The van der Waals surface area contributed by atoms with E-state index in [0.717, 1.165) is 32.1 Å². The molecule has 252 valence electrons. The second-order valence-corrected chi connectivity index (χ2v) is 11.4. The maximum absolute atomic E-state index is 12.1. The maximum atomic E-state index is 12.1. The Morgan fingerprint density at radius 1 is 0.875 bits per heavy atom. The Labute approximate surface area is 277 Å². The van der Waals surface area contributed by atoms with E-state index < -0.39 is 0 Å². The van der Waals surface area contributed by atoms with Crippen molar-refractivity contribution >= 4 is 40.5 Å². The second kappa shape index (κ2) is 14.4. The molecule has 1 aliphatic rings. The highest BCUT2D eigenvalue weighted by Crippen LogP contribution is 2.34. The van der Waals surface area contributed by atoms with Crippen molar-refractivity contribution in [2.45, 2.75) is 72.3 Å². The Kier molecular flexibility index (Phi) is 10.1. The molecule has 18 heteroatoms. The van der Waals surface area contributed by atoms with Crippen LogP contribution >= 0.6 is 0 Å². The Balaban J connectivity index is 1.51. The van der Waals surface area contributed by atoms with Gasteiger partial charge in [-0.05, 0) is 33.1 Å². The van der Waals surface area contributed by atoms with Crippen LogP contribution < -0.4 is 21.9 Å². The number of hydrogen-bond acceptors (Lipinski definition) is 15. The third kappa shape index (κ3) is 6.73. The Bertz CT molecular complexity index is 1910. The van der Waals surface area contributed by atoms with Crippen molar-refractivity contribution in [3.63, 3.8) is 0 Å². The third-order valence-corrected chi connectivity index (χ3v) is 7.85. The van der Waals surface area contributed by atoms with Crippen molar-refractivity contribution in [1.29, 1.82) is 0 Å². The number of rotatable bonds is 14. The lowest BCUT2D eigenvalue weighted by molar-refractivity contribution is 0.101. The summed E-state index contributed by atoms with van der Waals surface area (Å²) in [5.41, 5.74) is 18.9. The van der Waals surface area contributed by atoms with Crippen LogP contribution in [0.25, 0.3) is 5.82 Å². The lowest BCUT2D eigenvalue weighted by atomic mass is 10.1. The van der Waals surface area contributed by atoms with Crippen LogP contribution in [0, 0.1) is 0 Å². The molecule has 5 N–H and O–H groups in total. The zero-order valence-electron chi connectivity index (χ0n) is 27.9. The number of carbonyl (C=O) groups is 2. The van der Waals surface area contributed by atoms with E-state index in [0.29, 0.717) is 63.7 Å². The minimum atomic E-state index is -0.268. The first-order valence-electron chi connectivity index (χ1n) is 15.7. The molecule has 0 bridgehead atoms. The fourth-order valence-corrected chi connectivity index (χ4v) is 5.14. The first kappa shape index (κ1) is 33.7. The Morgan fingerprint density at radius 2 is 1.48 bits per heavy atom. The molecule has 0 fully saturated rings. The molecule has 5 heterocycles. The van der Waals surface area contributed by atoms with E-state index >= 15 is 0 Å². The first-order valence-corrected chi connectivity index (χ1v) is 15.7. The predicted octanol–water partition coefficient (Wildman–Crippen LogP) is 4.67. The van der Waals surface area contributed by atoms with Crippen LogP contribution in [0.1, 0.15) is 86.2 Å². The molecular weight excluding hydrogens is 616 g/mol. The Hall–Kier alpha value is -5.65. The van der Waals surface area contributed by atoms with E-state index in [9.17, 15) is 9.59 Å². The van der Waals surface area contributed by atoms with Crippen molar-refractivity contribution in [3.8, 4) is 5.82 Å². The number of nitrogens with zero attached hydrogens (tertiary/aromatic N) is 13. The third-order valence-electron chi connectivity index (χ3n) is 7.85. The predicted molar refractivity (Wildman–Crippen MR) is 177 cm³/mol. The van der Waals surface area contributed by atoms with Gasteiger partial charge in [0.05, 0.1) is 35.3 Å². The van der Waals surface area contributed by atoms with Gasteiger partial charge in [0, 0.05) is 20.2 Å². The fourth-order valence-electron chi connectivity index (χ4n) is 5.14. The van der Waals surface area contributed by atoms with Crippen LogP contribution in [-0.4, -0.2) is 56.9 Å². The molecule has 1 atom stereocenters. The summed E-state index contributed by atoms with van der Waals surface area (Å²) in [5.74, 6) is 1.60. The number of unbranched alkanes of at least 4 members (excludes halogenated alkanes) is 2. The van der Waals surface area contributed by atoms with E-state index in [4.69, 9.17) is 16.6 Å².